The maximum absolute atomic E-state index is 12.5. The Morgan fingerprint density at radius 2 is 1.84 bits per heavy atom. The SMILES string of the molecule is Cc1c(CC(=O)N[C@H](C)C(=O)O)c(=O)oc2cc3occ(-c4ccc(Cl)cc4)c3cc12. The van der Waals surface area contributed by atoms with Crippen molar-refractivity contribution in [3.63, 3.8) is 0 Å². The molecule has 0 spiro atoms. The molecular formula is C23H18ClNO6. The summed E-state index contributed by atoms with van der Waals surface area (Å²) < 4.78 is 11.1. The Kier molecular flexibility index (Phi) is 5.29. The third-order valence-electron chi connectivity index (χ3n) is 5.22. The van der Waals surface area contributed by atoms with Gasteiger partial charge in [0.2, 0.25) is 5.91 Å². The number of aryl methyl sites for hydroxylation is 1. The second-order valence-electron chi connectivity index (χ2n) is 7.30. The van der Waals surface area contributed by atoms with E-state index in [1.54, 1.807) is 31.4 Å². The minimum Gasteiger partial charge on any atom is -0.480 e. The molecule has 0 aliphatic rings. The van der Waals surface area contributed by atoms with Crippen LogP contribution in [0.3, 0.4) is 0 Å². The number of hydrogen-bond donors (Lipinski definition) is 2. The van der Waals surface area contributed by atoms with Crippen molar-refractivity contribution in [2.75, 3.05) is 0 Å². The zero-order valence-electron chi connectivity index (χ0n) is 16.7. The van der Waals surface area contributed by atoms with Gasteiger partial charge in [0.05, 0.1) is 18.2 Å². The van der Waals surface area contributed by atoms with E-state index in [2.05, 4.69) is 5.32 Å². The van der Waals surface area contributed by atoms with Crippen molar-refractivity contribution in [2.45, 2.75) is 26.3 Å². The number of carboxylic acids is 1. The molecule has 0 aliphatic carbocycles. The fourth-order valence-electron chi connectivity index (χ4n) is 3.48. The van der Waals surface area contributed by atoms with E-state index in [1.807, 2.05) is 18.2 Å². The first-order valence-corrected chi connectivity index (χ1v) is 9.88. The van der Waals surface area contributed by atoms with E-state index in [0.717, 1.165) is 16.5 Å². The highest BCUT2D eigenvalue weighted by Gasteiger charge is 2.20. The predicted octanol–water partition coefficient (Wildman–Crippen LogP) is 4.30. The third kappa shape index (κ3) is 3.92. The smallest absolute Gasteiger partial charge is 0.340 e. The monoisotopic (exact) mass is 439 g/mol. The third-order valence-corrected chi connectivity index (χ3v) is 5.47. The first-order chi connectivity index (χ1) is 14.7. The molecule has 4 rings (SSSR count). The number of furan rings is 1. The van der Waals surface area contributed by atoms with Gasteiger partial charge in [0.1, 0.15) is 17.2 Å². The van der Waals surface area contributed by atoms with Crippen molar-refractivity contribution in [3.05, 3.63) is 69.2 Å². The van der Waals surface area contributed by atoms with Gasteiger partial charge in [0.15, 0.2) is 0 Å². The summed E-state index contributed by atoms with van der Waals surface area (Å²) >= 11 is 5.98. The summed E-state index contributed by atoms with van der Waals surface area (Å²) in [7, 11) is 0. The lowest BCUT2D eigenvalue weighted by molar-refractivity contribution is -0.141. The summed E-state index contributed by atoms with van der Waals surface area (Å²) in [6.07, 6.45) is 1.34. The van der Waals surface area contributed by atoms with Gasteiger partial charge in [-0.05, 0) is 43.2 Å². The molecule has 0 saturated carbocycles. The van der Waals surface area contributed by atoms with E-state index in [0.29, 0.717) is 27.1 Å². The normalized spacial score (nSPS) is 12.2. The van der Waals surface area contributed by atoms with E-state index < -0.39 is 23.5 Å². The Hall–Kier alpha value is -3.58. The molecule has 2 aromatic carbocycles. The van der Waals surface area contributed by atoms with Crippen LogP contribution in [0.1, 0.15) is 18.1 Å². The summed E-state index contributed by atoms with van der Waals surface area (Å²) in [5.74, 6) is -1.73. The molecule has 2 aromatic heterocycles. The number of rotatable bonds is 5. The van der Waals surface area contributed by atoms with Crippen LogP contribution in [0.15, 0.2) is 56.3 Å². The van der Waals surface area contributed by atoms with Crippen molar-refractivity contribution < 1.29 is 23.5 Å². The minimum atomic E-state index is -1.16. The van der Waals surface area contributed by atoms with Crippen LogP contribution in [0.2, 0.25) is 5.02 Å². The van der Waals surface area contributed by atoms with Gasteiger partial charge in [0, 0.05) is 27.4 Å². The summed E-state index contributed by atoms with van der Waals surface area (Å²) in [6.45, 7) is 3.08. The standard InChI is InChI=1S/C23H18ClNO6/c1-11-15-7-17-18(13-3-5-14(24)6-4-13)10-30-19(17)9-20(15)31-23(29)16(11)8-21(26)25-12(2)22(27)28/h3-7,9-10,12H,8H2,1-2H3,(H,25,26)(H,27,28)/t12-/m1/s1. The number of aliphatic carboxylic acids is 1. The predicted molar refractivity (Wildman–Crippen MR) is 116 cm³/mol. The van der Waals surface area contributed by atoms with E-state index in [1.165, 1.54) is 6.92 Å². The number of halogens is 1. The summed E-state index contributed by atoms with van der Waals surface area (Å²) in [6, 6.07) is 9.79. The fourth-order valence-corrected chi connectivity index (χ4v) is 3.61. The maximum atomic E-state index is 12.5. The van der Waals surface area contributed by atoms with Crippen LogP contribution in [0, 0.1) is 6.92 Å². The molecule has 8 heteroatoms. The second-order valence-corrected chi connectivity index (χ2v) is 7.73. The molecule has 0 aliphatic heterocycles. The second kappa shape index (κ2) is 7.92. The Bertz CT molecular complexity index is 1380. The number of benzene rings is 2. The summed E-state index contributed by atoms with van der Waals surface area (Å²) in [4.78, 5) is 35.7. The van der Waals surface area contributed by atoms with E-state index in [-0.39, 0.29) is 12.0 Å². The molecule has 1 atom stereocenters. The minimum absolute atomic E-state index is 0.179. The van der Waals surface area contributed by atoms with Gasteiger partial charge >= 0.3 is 11.6 Å². The zero-order chi connectivity index (χ0) is 22.3. The molecule has 0 radical (unpaired) electrons. The van der Waals surface area contributed by atoms with Crippen LogP contribution in [-0.4, -0.2) is 23.0 Å². The molecule has 0 fully saturated rings. The first kappa shape index (κ1) is 20.7. The molecule has 7 nitrogen and oxygen atoms in total. The molecule has 2 heterocycles. The number of carbonyl (C=O) groups is 2. The average Bonchev–Trinajstić information content (AvgIpc) is 3.13. The number of nitrogens with one attached hydrogen (secondary N) is 1. The van der Waals surface area contributed by atoms with Gasteiger partial charge in [-0.1, -0.05) is 23.7 Å². The highest BCUT2D eigenvalue weighted by Crippen LogP contribution is 2.35. The first-order valence-electron chi connectivity index (χ1n) is 9.50. The fraction of sp³-hybridized carbons (Fsp3) is 0.174. The van der Waals surface area contributed by atoms with Crippen molar-refractivity contribution in [2.24, 2.45) is 0 Å². The Labute approximate surface area is 181 Å². The Morgan fingerprint density at radius 3 is 2.52 bits per heavy atom. The van der Waals surface area contributed by atoms with Crippen molar-refractivity contribution >= 4 is 45.4 Å². The van der Waals surface area contributed by atoms with Gasteiger partial charge < -0.3 is 19.3 Å². The van der Waals surface area contributed by atoms with Gasteiger partial charge in [-0.2, -0.15) is 0 Å². The molecule has 1 amide bonds. The Balaban J connectivity index is 1.79. The lowest BCUT2D eigenvalue weighted by atomic mass is 9.99. The highest BCUT2D eigenvalue weighted by atomic mass is 35.5. The molecule has 158 valence electrons. The van der Waals surface area contributed by atoms with Crippen LogP contribution >= 0.6 is 11.6 Å². The van der Waals surface area contributed by atoms with Crippen molar-refractivity contribution in [1.29, 1.82) is 0 Å². The average molecular weight is 440 g/mol. The van der Waals surface area contributed by atoms with Crippen LogP contribution in [0.4, 0.5) is 0 Å². The van der Waals surface area contributed by atoms with Crippen molar-refractivity contribution in [1.82, 2.24) is 5.32 Å². The van der Waals surface area contributed by atoms with Crippen LogP contribution in [0.25, 0.3) is 33.1 Å². The Morgan fingerprint density at radius 1 is 1.13 bits per heavy atom. The number of amides is 1. The topological polar surface area (TPSA) is 110 Å². The lowest BCUT2D eigenvalue weighted by Crippen LogP contribution is -2.39. The van der Waals surface area contributed by atoms with Crippen LogP contribution < -0.4 is 10.9 Å². The van der Waals surface area contributed by atoms with E-state index in [4.69, 9.17) is 25.5 Å². The largest absolute Gasteiger partial charge is 0.480 e. The van der Waals surface area contributed by atoms with Crippen LogP contribution in [-0.2, 0) is 16.0 Å². The molecule has 0 saturated heterocycles. The molecular weight excluding hydrogens is 422 g/mol. The number of hydrogen-bond acceptors (Lipinski definition) is 5. The molecule has 0 unspecified atom stereocenters. The molecule has 0 bridgehead atoms. The molecule has 31 heavy (non-hydrogen) atoms. The number of carbonyl (C=O) groups excluding carboxylic acids is 1. The highest BCUT2D eigenvalue weighted by molar-refractivity contribution is 6.30. The van der Waals surface area contributed by atoms with Gasteiger partial charge in [-0.15, -0.1) is 0 Å². The van der Waals surface area contributed by atoms with Gasteiger partial charge in [-0.25, -0.2) is 4.79 Å². The van der Waals surface area contributed by atoms with Crippen molar-refractivity contribution in [3.8, 4) is 11.1 Å². The number of fused-ring (bicyclic) bond motifs is 2. The maximum Gasteiger partial charge on any atom is 0.340 e. The van der Waals surface area contributed by atoms with E-state index in [9.17, 15) is 14.4 Å². The summed E-state index contributed by atoms with van der Waals surface area (Å²) in [5, 5.41) is 13.4. The number of carboxylic acid groups (broad SMARTS) is 1. The van der Waals surface area contributed by atoms with E-state index >= 15 is 0 Å². The van der Waals surface area contributed by atoms with Gasteiger partial charge in [-0.3, -0.25) is 9.59 Å². The molecule has 2 N–H and O–H groups in total. The quantitative estimate of drug-likeness (QED) is 0.448. The zero-order valence-corrected chi connectivity index (χ0v) is 17.4. The van der Waals surface area contributed by atoms with Crippen LogP contribution in [0.5, 0.6) is 0 Å². The van der Waals surface area contributed by atoms with Gasteiger partial charge in [0.25, 0.3) is 0 Å². The summed E-state index contributed by atoms with van der Waals surface area (Å²) in [5.41, 5.74) is 2.80. The molecule has 4 aromatic rings. The lowest BCUT2D eigenvalue weighted by Gasteiger charge is -2.11.